The Labute approximate surface area is 167 Å². The molecule has 30 heavy (non-hydrogen) atoms. The van der Waals surface area contributed by atoms with E-state index in [0.717, 1.165) is 24.3 Å². The van der Waals surface area contributed by atoms with Gasteiger partial charge in [0, 0.05) is 36.7 Å². The van der Waals surface area contributed by atoms with E-state index in [-0.39, 0.29) is 42.7 Å². The van der Waals surface area contributed by atoms with Crippen LogP contribution in [-0.4, -0.2) is 27.5 Å². The van der Waals surface area contributed by atoms with Crippen molar-refractivity contribution in [3.05, 3.63) is 71.1 Å². The molecule has 0 spiro atoms. The first-order chi connectivity index (χ1) is 14.2. The fourth-order valence-electron chi connectivity index (χ4n) is 3.27. The van der Waals surface area contributed by atoms with Crippen molar-refractivity contribution >= 4 is 5.91 Å². The molecule has 1 aliphatic rings. The van der Waals surface area contributed by atoms with Crippen LogP contribution in [0.2, 0.25) is 0 Å². The van der Waals surface area contributed by atoms with Crippen LogP contribution in [-0.2, 0) is 17.5 Å². The van der Waals surface area contributed by atoms with Crippen LogP contribution in [0.1, 0.15) is 29.4 Å². The first-order valence-corrected chi connectivity index (χ1v) is 8.93. The molecule has 3 aromatic rings. The number of hydrogen-bond donors (Lipinski definition) is 0. The summed E-state index contributed by atoms with van der Waals surface area (Å²) in [5.74, 6) is -1.86. The lowest BCUT2D eigenvalue weighted by Gasteiger charge is -2.16. The second-order valence-corrected chi connectivity index (χ2v) is 6.94. The molecule has 0 N–H and O–H groups in total. The summed E-state index contributed by atoms with van der Waals surface area (Å²) in [5.41, 5.74) is -0.269. The van der Waals surface area contributed by atoms with Crippen LogP contribution in [0.3, 0.4) is 0 Å². The molecule has 0 saturated carbocycles. The average Bonchev–Trinajstić information content (AvgIpc) is 3.31. The number of likely N-dealkylation sites (tertiary alicyclic amines) is 1. The monoisotopic (exact) mass is 423 g/mol. The van der Waals surface area contributed by atoms with Crippen molar-refractivity contribution in [3.63, 3.8) is 0 Å². The number of rotatable bonds is 4. The third-order valence-corrected chi connectivity index (χ3v) is 4.85. The van der Waals surface area contributed by atoms with Crippen molar-refractivity contribution in [1.82, 2.24) is 15.0 Å². The number of carbonyl (C=O) groups is 1. The molecular formula is C20H14F5N3O2. The van der Waals surface area contributed by atoms with E-state index in [1.54, 1.807) is 0 Å². The summed E-state index contributed by atoms with van der Waals surface area (Å²) in [7, 11) is 0. The molecule has 1 aliphatic heterocycles. The average molecular weight is 423 g/mol. The molecule has 1 saturated heterocycles. The maximum Gasteiger partial charge on any atom is 0.416 e. The second-order valence-electron chi connectivity index (χ2n) is 6.94. The molecular weight excluding hydrogens is 409 g/mol. The molecule has 0 radical (unpaired) electrons. The van der Waals surface area contributed by atoms with Crippen LogP contribution in [0.25, 0.3) is 11.4 Å². The van der Waals surface area contributed by atoms with E-state index in [1.807, 2.05) is 0 Å². The van der Waals surface area contributed by atoms with Gasteiger partial charge in [-0.05, 0) is 18.2 Å². The van der Waals surface area contributed by atoms with Gasteiger partial charge in [-0.25, -0.2) is 8.78 Å². The molecule has 2 aromatic carbocycles. The molecule has 156 valence electrons. The van der Waals surface area contributed by atoms with E-state index in [4.69, 9.17) is 4.52 Å². The zero-order valence-electron chi connectivity index (χ0n) is 15.3. The summed E-state index contributed by atoms with van der Waals surface area (Å²) < 4.78 is 70.1. The third-order valence-electron chi connectivity index (χ3n) is 4.85. The SMILES string of the molecule is O=C1CC(c2nc(-c3ccc(C(F)(F)F)cc3)no2)CN1Cc1ccc(F)cc1F. The minimum absolute atomic E-state index is 0.0264. The Morgan fingerprint density at radius 2 is 1.83 bits per heavy atom. The highest BCUT2D eigenvalue weighted by Gasteiger charge is 2.35. The van der Waals surface area contributed by atoms with Crippen LogP contribution in [0, 0.1) is 11.6 Å². The number of carbonyl (C=O) groups excluding carboxylic acids is 1. The predicted molar refractivity (Wildman–Crippen MR) is 93.9 cm³/mol. The molecule has 1 aromatic heterocycles. The highest BCUT2D eigenvalue weighted by Crippen LogP contribution is 2.32. The minimum atomic E-state index is -4.45. The van der Waals surface area contributed by atoms with Gasteiger partial charge in [0.1, 0.15) is 11.6 Å². The van der Waals surface area contributed by atoms with Gasteiger partial charge in [-0.3, -0.25) is 4.79 Å². The molecule has 1 fully saturated rings. The Bertz CT molecular complexity index is 1080. The lowest BCUT2D eigenvalue weighted by atomic mass is 10.1. The molecule has 1 atom stereocenters. The van der Waals surface area contributed by atoms with Crippen LogP contribution in [0.4, 0.5) is 22.0 Å². The fourth-order valence-corrected chi connectivity index (χ4v) is 3.27. The molecule has 2 heterocycles. The predicted octanol–water partition coefficient (Wildman–Crippen LogP) is 4.55. The Morgan fingerprint density at radius 3 is 2.50 bits per heavy atom. The molecule has 4 rings (SSSR count). The standard InChI is InChI=1S/C20H14F5N3O2/c21-15-6-3-12(16(22)8-15)9-28-10-13(7-17(28)29)19-26-18(27-30-19)11-1-4-14(5-2-11)20(23,24)25/h1-6,8,13H,7,9-10H2. The highest BCUT2D eigenvalue weighted by atomic mass is 19.4. The van der Waals surface area contributed by atoms with Gasteiger partial charge in [-0.2, -0.15) is 18.2 Å². The Morgan fingerprint density at radius 1 is 1.10 bits per heavy atom. The number of aromatic nitrogens is 2. The lowest BCUT2D eigenvalue weighted by molar-refractivity contribution is -0.137. The van der Waals surface area contributed by atoms with Gasteiger partial charge >= 0.3 is 6.18 Å². The summed E-state index contributed by atoms with van der Waals surface area (Å²) in [4.78, 5) is 17.9. The first-order valence-electron chi connectivity index (χ1n) is 8.93. The van der Waals surface area contributed by atoms with Crippen molar-refractivity contribution in [1.29, 1.82) is 0 Å². The second kappa shape index (κ2) is 7.51. The van der Waals surface area contributed by atoms with Crippen molar-refractivity contribution < 1.29 is 31.3 Å². The van der Waals surface area contributed by atoms with Gasteiger partial charge < -0.3 is 9.42 Å². The first kappa shape index (κ1) is 20.0. The van der Waals surface area contributed by atoms with Crippen LogP contribution in [0.15, 0.2) is 47.0 Å². The third kappa shape index (κ3) is 4.03. The molecule has 5 nitrogen and oxygen atoms in total. The van der Waals surface area contributed by atoms with Crippen molar-refractivity contribution in [2.75, 3.05) is 6.54 Å². The topological polar surface area (TPSA) is 59.2 Å². The van der Waals surface area contributed by atoms with E-state index < -0.39 is 29.3 Å². The summed E-state index contributed by atoms with van der Waals surface area (Å²) in [6, 6.07) is 7.46. The molecule has 1 amide bonds. The molecule has 10 heteroatoms. The van der Waals surface area contributed by atoms with E-state index in [0.29, 0.717) is 5.56 Å². The Hall–Kier alpha value is -3.30. The number of nitrogens with zero attached hydrogens (tertiary/aromatic N) is 3. The van der Waals surface area contributed by atoms with Crippen molar-refractivity contribution in [2.45, 2.75) is 25.1 Å². The van der Waals surface area contributed by atoms with Crippen LogP contribution in [0.5, 0.6) is 0 Å². The van der Waals surface area contributed by atoms with Gasteiger partial charge in [0.15, 0.2) is 0 Å². The zero-order valence-corrected chi connectivity index (χ0v) is 15.3. The van der Waals surface area contributed by atoms with Gasteiger partial charge in [-0.1, -0.05) is 23.4 Å². The van der Waals surface area contributed by atoms with Crippen molar-refractivity contribution in [3.8, 4) is 11.4 Å². The maximum atomic E-state index is 13.9. The van der Waals surface area contributed by atoms with E-state index in [1.165, 1.54) is 23.1 Å². The van der Waals surface area contributed by atoms with Crippen LogP contribution < -0.4 is 0 Å². The molecule has 0 aliphatic carbocycles. The number of hydrogen-bond acceptors (Lipinski definition) is 4. The molecule has 1 unspecified atom stereocenters. The van der Waals surface area contributed by atoms with E-state index >= 15 is 0 Å². The minimum Gasteiger partial charge on any atom is -0.339 e. The summed E-state index contributed by atoms with van der Waals surface area (Å²) in [6.45, 7) is 0.172. The fraction of sp³-hybridized carbons (Fsp3) is 0.250. The summed E-state index contributed by atoms with van der Waals surface area (Å²) in [5, 5.41) is 3.78. The van der Waals surface area contributed by atoms with Gasteiger partial charge in [0.2, 0.25) is 17.6 Å². The van der Waals surface area contributed by atoms with Gasteiger partial charge in [0.25, 0.3) is 0 Å². The Balaban J connectivity index is 1.47. The van der Waals surface area contributed by atoms with Gasteiger partial charge in [0.05, 0.1) is 11.5 Å². The van der Waals surface area contributed by atoms with Crippen molar-refractivity contribution in [2.24, 2.45) is 0 Å². The van der Waals surface area contributed by atoms with Gasteiger partial charge in [-0.15, -0.1) is 0 Å². The summed E-state index contributed by atoms with van der Waals surface area (Å²) in [6.07, 6.45) is -4.38. The largest absolute Gasteiger partial charge is 0.416 e. The zero-order chi connectivity index (χ0) is 21.5. The highest BCUT2D eigenvalue weighted by molar-refractivity contribution is 5.79. The maximum absolute atomic E-state index is 13.9. The van der Waals surface area contributed by atoms with E-state index in [2.05, 4.69) is 10.1 Å². The van der Waals surface area contributed by atoms with Crippen LogP contribution >= 0.6 is 0 Å². The molecule has 0 bridgehead atoms. The Kier molecular flexibility index (Phi) is 5.00. The number of alkyl halides is 3. The quantitative estimate of drug-likeness (QED) is 0.578. The van der Waals surface area contributed by atoms with E-state index in [9.17, 15) is 26.7 Å². The summed E-state index contributed by atoms with van der Waals surface area (Å²) >= 11 is 0. The smallest absolute Gasteiger partial charge is 0.339 e. The number of halogens is 5. The normalized spacial score (nSPS) is 17.0. The number of benzene rings is 2. The number of amides is 1. The lowest BCUT2D eigenvalue weighted by Crippen LogP contribution is -2.25.